The summed E-state index contributed by atoms with van der Waals surface area (Å²) in [5.74, 6) is 1.87. The SMILES string of the molecule is CC(C)=C(C)/N=C(\C)N1CCCN(C)c2ccc(-c3cccc(C#N)c3)nc21. The fraction of sp³-hybridized carbons (Fsp3) is 0.348. The van der Waals surface area contributed by atoms with Gasteiger partial charge in [0.2, 0.25) is 0 Å². The predicted octanol–water partition coefficient (Wildman–Crippen LogP) is 5.00. The van der Waals surface area contributed by atoms with Gasteiger partial charge in [-0.2, -0.15) is 5.26 Å². The van der Waals surface area contributed by atoms with Gasteiger partial charge in [0, 0.05) is 31.4 Å². The average molecular weight is 374 g/mol. The van der Waals surface area contributed by atoms with Gasteiger partial charge in [0.25, 0.3) is 0 Å². The number of fused-ring (bicyclic) bond motifs is 1. The molecule has 1 aliphatic rings. The molecule has 0 aliphatic carbocycles. The molecule has 0 saturated carbocycles. The zero-order valence-corrected chi connectivity index (χ0v) is 17.3. The Morgan fingerprint density at radius 3 is 2.61 bits per heavy atom. The molecule has 0 spiro atoms. The van der Waals surface area contributed by atoms with E-state index in [2.05, 4.69) is 42.8 Å². The summed E-state index contributed by atoms with van der Waals surface area (Å²) in [6.45, 7) is 10.1. The molecular weight excluding hydrogens is 346 g/mol. The third-order valence-electron chi connectivity index (χ3n) is 5.13. The normalized spacial score (nSPS) is 14.2. The van der Waals surface area contributed by atoms with Crippen LogP contribution in [-0.4, -0.2) is 31.0 Å². The Morgan fingerprint density at radius 2 is 1.89 bits per heavy atom. The average Bonchev–Trinajstić information content (AvgIpc) is 2.86. The van der Waals surface area contributed by atoms with Gasteiger partial charge in [0.05, 0.1) is 23.0 Å². The molecule has 0 saturated heterocycles. The van der Waals surface area contributed by atoms with Crippen LogP contribution < -0.4 is 9.80 Å². The Hall–Kier alpha value is -3.13. The van der Waals surface area contributed by atoms with Crippen LogP contribution in [0.15, 0.2) is 52.7 Å². The summed E-state index contributed by atoms with van der Waals surface area (Å²) >= 11 is 0. The lowest BCUT2D eigenvalue weighted by Crippen LogP contribution is -2.30. The van der Waals surface area contributed by atoms with E-state index < -0.39 is 0 Å². The Kier molecular flexibility index (Phi) is 5.79. The molecule has 5 nitrogen and oxygen atoms in total. The quantitative estimate of drug-likeness (QED) is 0.549. The number of aromatic nitrogens is 1. The smallest absolute Gasteiger partial charge is 0.158 e. The van der Waals surface area contributed by atoms with Gasteiger partial charge >= 0.3 is 0 Å². The molecule has 0 unspecified atom stereocenters. The van der Waals surface area contributed by atoms with E-state index in [0.29, 0.717) is 5.56 Å². The fourth-order valence-electron chi connectivity index (χ4n) is 3.27. The van der Waals surface area contributed by atoms with Gasteiger partial charge in [0.15, 0.2) is 5.82 Å². The number of anilines is 2. The van der Waals surface area contributed by atoms with E-state index in [1.807, 2.05) is 44.2 Å². The molecule has 2 heterocycles. The van der Waals surface area contributed by atoms with Crippen LogP contribution in [0.2, 0.25) is 0 Å². The third-order valence-corrected chi connectivity index (χ3v) is 5.13. The molecule has 0 amide bonds. The molecule has 0 radical (unpaired) electrons. The number of nitriles is 1. The first-order valence-corrected chi connectivity index (χ1v) is 9.60. The van der Waals surface area contributed by atoms with Gasteiger partial charge in [-0.05, 0) is 58.4 Å². The summed E-state index contributed by atoms with van der Waals surface area (Å²) in [5, 5.41) is 9.21. The standard InChI is InChI=1S/C23H27N5/c1-16(2)17(3)25-18(4)28-13-7-12-27(5)22-11-10-21(26-23(22)28)20-9-6-8-19(14-20)15-24/h6,8-11,14H,7,12-13H2,1-5H3/b25-18+. The lowest BCUT2D eigenvalue weighted by Gasteiger charge is -2.25. The first kappa shape index (κ1) is 19.6. The first-order chi connectivity index (χ1) is 13.4. The summed E-state index contributed by atoms with van der Waals surface area (Å²) < 4.78 is 0. The van der Waals surface area contributed by atoms with E-state index in [1.165, 1.54) is 5.57 Å². The first-order valence-electron chi connectivity index (χ1n) is 9.60. The second-order valence-electron chi connectivity index (χ2n) is 7.40. The van der Waals surface area contributed by atoms with Gasteiger partial charge in [-0.25, -0.2) is 9.98 Å². The van der Waals surface area contributed by atoms with Crippen molar-refractivity contribution in [2.75, 3.05) is 29.9 Å². The van der Waals surface area contributed by atoms with Crippen molar-refractivity contribution in [3.8, 4) is 17.3 Å². The molecule has 5 heteroatoms. The minimum atomic E-state index is 0.639. The molecule has 3 rings (SSSR count). The minimum absolute atomic E-state index is 0.639. The number of amidine groups is 1. The van der Waals surface area contributed by atoms with Crippen molar-refractivity contribution in [1.29, 1.82) is 5.26 Å². The van der Waals surface area contributed by atoms with E-state index in [0.717, 1.165) is 53.8 Å². The van der Waals surface area contributed by atoms with Crippen molar-refractivity contribution in [3.63, 3.8) is 0 Å². The molecule has 1 aliphatic heterocycles. The number of aliphatic imine (C=N–C) groups is 1. The monoisotopic (exact) mass is 373 g/mol. The van der Waals surface area contributed by atoms with Crippen LogP contribution in [0.25, 0.3) is 11.3 Å². The highest BCUT2D eigenvalue weighted by atomic mass is 15.3. The Labute approximate surface area is 167 Å². The number of allylic oxidation sites excluding steroid dienone is 2. The van der Waals surface area contributed by atoms with E-state index in [9.17, 15) is 5.26 Å². The number of rotatable bonds is 2. The number of nitrogens with zero attached hydrogens (tertiary/aromatic N) is 5. The van der Waals surface area contributed by atoms with Crippen molar-refractivity contribution >= 4 is 17.3 Å². The molecule has 0 fully saturated rings. The summed E-state index contributed by atoms with van der Waals surface area (Å²) in [6, 6.07) is 13.9. The zero-order valence-electron chi connectivity index (χ0n) is 17.3. The van der Waals surface area contributed by atoms with Crippen molar-refractivity contribution < 1.29 is 0 Å². The summed E-state index contributed by atoms with van der Waals surface area (Å²) in [7, 11) is 2.10. The summed E-state index contributed by atoms with van der Waals surface area (Å²) in [6.07, 6.45) is 1.03. The van der Waals surface area contributed by atoms with E-state index in [-0.39, 0.29) is 0 Å². The second kappa shape index (κ2) is 8.26. The topological polar surface area (TPSA) is 55.5 Å². The van der Waals surface area contributed by atoms with Gasteiger partial charge < -0.3 is 9.80 Å². The van der Waals surface area contributed by atoms with Crippen molar-refractivity contribution in [2.45, 2.75) is 34.1 Å². The molecule has 0 N–H and O–H groups in total. The van der Waals surface area contributed by atoms with Crippen LogP contribution in [0.4, 0.5) is 11.5 Å². The summed E-state index contributed by atoms with van der Waals surface area (Å²) in [5.41, 5.74) is 5.80. The van der Waals surface area contributed by atoms with Crippen LogP contribution in [-0.2, 0) is 0 Å². The molecule has 2 aromatic rings. The van der Waals surface area contributed by atoms with Crippen LogP contribution in [0, 0.1) is 11.3 Å². The minimum Gasteiger partial charge on any atom is -0.372 e. The summed E-state index contributed by atoms with van der Waals surface area (Å²) in [4.78, 5) is 14.3. The molecule has 1 aromatic heterocycles. The highest BCUT2D eigenvalue weighted by Crippen LogP contribution is 2.33. The Balaban J connectivity index is 2.11. The van der Waals surface area contributed by atoms with Gasteiger partial charge in [-0.15, -0.1) is 0 Å². The van der Waals surface area contributed by atoms with Gasteiger partial charge in [-0.1, -0.05) is 17.7 Å². The number of hydrogen-bond donors (Lipinski definition) is 0. The lowest BCUT2D eigenvalue weighted by molar-refractivity contribution is 0.810. The van der Waals surface area contributed by atoms with E-state index in [4.69, 9.17) is 9.98 Å². The third kappa shape index (κ3) is 4.07. The van der Waals surface area contributed by atoms with E-state index in [1.54, 1.807) is 0 Å². The number of pyridine rings is 1. The van der Waals surface area contributed by atoms with Gasteiger partial charge in [-0.3, -0.25) is 0 Å². The van der Waals surface area contributed by atoms with E-state index >= 15 is 0 Å². The maximum absolute atomic E-state index is 9.21. The Bertz CT molecular complexity index is 977. The maximum atomic E-state index is 9.21. The number of hydrogen-bond acceptors (Lipinski definition) is 4. The molecule has 144 valence electrons. The molecular formula is C23H27N5. The maximum Gasteiger partial charge on any atom is 0.158 e. The molecule has 0 bridgehead atoms. The lowest BCUT2D eigenvalue weighted by atomic mass is 10.1. The van der Waals surface area contributed by atoms with Crippen molar-refractivity contribution in [3.05, 3.63) is 53.2 Å². The van der Waals surface area contributed by atoms with Gasteiger partial charge in [0.1, 0.15) is 5.84 Å². The second-order valence-corrected chi connectivity index (χ2v) is 7.40. The highest BCUT2D eigenvalue weighted by molar-refractivity contribution is 5.99. The van der Waals surface area contributed by atoms with Crippen LogP contribution in [0.5, 0.6) is 0 Å². The predicted molar refractivity (Wildman–Crippen MR) is 117 cm³/mol. The largest absolute Gasteiger partial charge is 0.372 e. The molecule has 28 heavy (non-hydrogen) atoms. The fourth-order valence-corrected chi connectivity index (χ4v) is 3.27. The van der Waals surface area contributed by atoms with Crippen LogP contribution in [0.1, 0.15) is 39.7 Å². The van der Waals surface area contributed by atoms with Crippen molar-refractivity contribution in [2.24, 2.45) is 4.99 Å². The van der Waals surface area contributed by atoms with Crippen molar-refractivity contribution in [1.82, 2.24) is 4.98 Å². The zero-order chi connectivity index (χ0) is 20.3. The molecule has 0 atom stereocenters. The highest BCUT2D eigenvalue weighted by Gasteiger charge is 2.22. The Morgan fingerprint density at radius 1 is 1.11 bits per heavy atom. The van der Waals surface area contributed by atoms with Crippen LogP contribution >= 0.6 is 0 Å². The number of benzene rings is 1. The van der Waals surface area contributed by atoms with Crippen LogP contribution in [0.3, 0.4) is 0 Å². The molecule has 1 aromatic carbocycles.